The highest BCUT2D eigenvalue weighted by Crippen LogP contribution is 2.29. The standard InChI is InChI=1S/C8H14O/c1-3-7-4-6(2)8(9)5-7/h6-7H,3-5H2,1-2H3/t6?,7-/m0/s1. The molecule has 1 heteroatoms. The van der Waals surface area contributed by atoms with Gasteiger partial charge in [0.05, 0.1) is 0 Å². The molecule has 52 valence electrons. The zero-order chi connectivity index (χ0) is 6.85. The average Bonchev–Trinajstić information content (AvgIpc) is 2.13. The molecule has 1 aliphatic carbocycles. The lowest BCUT2D eigenvalue weighted by Crippen LogP contribution is -1.98. The number of hydrogen-bond donors (Lipinski definition) is 0. The predicted octanol–water partition coefficient (Wildman–Crippen LogP) is 2.01. The van der Waals surface area contributed by atoms with Gasteiger partial charge in [0.1, 0.15) is 5.78 Å². The van der Waals surface area contributed by atoms with E-state index in [4.69, 9.17) is 0 Å². The fraction of sp³-hybridized carbons (Fsp3) is 0.875. The third-order valence-corrected chi connectivity index (χ3v) is 2.30. The van der Waals surface area contributed by atoms with Crippen molar-refractivity contribution >= 4 is 5.78 Å². The van der Waals surface area contributed by atoms with Crippen LogP contribution in [0.4, 0.5) is 0 Å². The molecule has 0 radical (unpaired) electrons. The maximum absolute atomic E-state index is 10.9. The second-order valence-electron chi connectivity index (χ2n) is 3.08. The summed E-state index contributed by atoms with van der Waals surface area (Å²) in [6.07, 6.45) is 3.16. The molecular formula is C8H14O. The fourth-order valence-electron chi connectivity index (χ4n) is 1.51. The summed E-state index contributed by atoms with van der Waals surface area (Å²) in [6.45, 7) is 4.20. The summed E-state index contributed by atoms with van der Waals surface area (Å²) >= 11 is 0. The van der Waals surface area contributed by atoms with E-state index in [1.54, 1.807) is 0 Å². The normalized spacial score (nSPS) is 35.6. The molecule has 1 unspecified atom stereocenters. The molecule has 0 bridgehead atoms. The Morgan fingerprint density at radius 1 is 1.67 bits per heavy atom. The third-order valence-electron chi connectivity index (χ3n) is 2.30. The van der Waals surface area contributed by atoms with Gasteiger partial charge in [-0.3, -0.25) is 4.79 Å². The van der Waals surface area contributed by atoms with E-state index in [-0.39, 0.29) is 0 Å². The van der Waals surface area contributed by atoms with Crippen LogP contribution in [0.15, 0.2) is 0 Å². The summed E-state index contributed by atoms with van der Waals surface area (Å²) in [7, 11) is 0. The Morgan fingerprint density at radius 2 is 2.33 bits per heavy atom. The van der Waals surface area contributed by atoms with Crippen LogP contribution in [0.3, 0.4) is 0 Å². The van der Waals surface area contributed by atoms with Crippen molar-refractivity contribution in [1.82, 2.24) is 0 Å². The van der Waals surface area contributed by atoms with E-state index in [1.807, 2.05) is 6.92 Å². The highest BCUT2D eigenvalue weighted by Gasteiger charge is 2.27. The largest absolute Gasteiger partial charge is 0.299 e. The van der Waals surface area contributed by atoms with E-state index < -0.39 is 0 Å². The Bertz CT molecular complexity index is 118. The molecule has 0 aromatic carbocycles. The monoisotopic (exact) mass is 126 g/mol. The summed E-state index contributed by atoms with van der Waals surface area (Å²) in [6, 6.07) is 0. The van der Waals surface area contributed by atoms with Crippen molar-refractivity contribution in [2.45, 2.75) is 33.1 Å². The van der Waals surface area contributed by atoms with Gasteiger partial charge in [-0.2, -0.15) is 0 Å². The van der Waals surface area contributed by atoms with Crippen molar-refractivity contribution in [3.05, 3.63) is 0 Å². The number of Topliss-reactive ketones (excluding diaryl/α,β-unsaturated/α-hetero) is 1. The molecule has 1 saturated carbocycles. The zero-order valence-electron chi connectivity index (χ0n) is 6.18. The van der Waals surface area contributed by atoms with E-state index >= 15 is 0 Å². The van der Waals surface area contributed by atoms with Crippen LogP contribution in [0.5, 0.6) is 0 Å². The van der Waals surface area contributed by atoms with Crippen LogP contribution in [-0.4, -0.2) is 5.78 Å². The lowest BCUT2D eigenvalue weighted by Gasteiger charge is -2.00. The Labute approximate surface area is 56.4 Å². The smallest absolute Gasteiger partial charge is 0.135 e. The average molecular weight is 126 g/mol. The molecule has 0 saturated heterocycles. The van der Waals surface area contributed by atoms with E-state index in [9.17, 15) is 4.79 Å². The van der Waals surface area contributed by atoms with Crippen LogP contribution in [0.1, 0.15) is 33.1 Å². The molecule has 0 spiro atoms. The Balaban J connectivity index is 2.44. The van der Waals surface area contributed by atoms with Gasteiger partial charge in [-0.1, -0.05) is 20.3 Å². The maximum atomic E-state index is 10.9. The SMILES string of the molecule is CC[C@@H]1CC(=O)C(C)C1. The number of rotatable bonds is 1. The summed E-state index contributed by atoms with van der Waals surface area (Å²) in [5, 5.41) is 0. The molecule has 0 amide bonds. The van der Waals surface area contributed by atoms with Gasteiger partial charge in [0.15, 0.2) is 0 Å². The first-order valence-electron chi connectivity index (χ1n) is 3.76. The molecule has 0 N–H and O–H groups in total. The Morgan fingerprint density at radius 3 is 2.56 bits per heavy atom. The molecule has 1 fully saturated rings. The van der Waals surface area contributed by atoms with Gasteiger partial charge in [0, 0.05) is 12.3 Å². The fourth-order valence-corrected chi connectivity index (χ4v) is 1.51. The molecular weight excluding hydrogens is 112 g/mol. The maximum Gasteiger partial charge on any atom is 0.135 e. The number of carbonyl (C=O) groups is 1. The molecule has 2 atom stereocenters. The highest BCUT2D eigenvalue weighted by molar-refractivity contribution is 5.82. The zero-order valence-corrected chi connectivity index (χ0v) is 6.18. The van der Waals surface area contributed by atoms with Gasteiger partial charge in [-0.25, -0.2) is 0 Å². The second kappa shape index (κ2) is 2.51. The van der Waals surface area contributed by atoms with E-state index in [2.05, 4.69) is 6.92 Å². The molecule has 0 aromatic rings. The van der Waals surface area contributed by atoms with E-state index in [0.717, 1.165) is 12.8 Å². The summed E-state index contributed by atoms with van der Waals surface area (Å²) in [4.78, 5) is 10.9. The van der Waals surface area contributed by atoms with Crippen molar-refractivity contribution in [3.63, 3.8) is 0 Å². The number of carbonyl (C=O) groups excluding carboxylic acids is 1. The van der Waals surface area contributed by atoms with Crippen LogP contribution < -0.4 is 0 Å². The topological polar surface area (TPSA) is 17.1 Å². The first-order valence-corrected chi connectivity index (χ1v) is 3.76. The van der Waals surface area contributed by atoms with Crippen molar-refractivity contribution in [2.75, 3.05) is 0 Å². The highest BCUT2D eigenvalue weighted by atomic mass is 16.1. The van der Waals surface area contributed by atoms with Crippen molar-refractivity contribution in [2.24, 2.45) is 11.8 Å². The molecule has 0 aliphatic heterocycles. The Kier molecular flexibility index (Phi) is 1.89. The first-order chi connectivity index (χ1) is 4.24. The van der Waals surface area contributed by atoms with E-state index in [0.29, 0.717) is 17.6 Å². The quantitative estimate of drug-likeness (QED) is 0.525. The van der Waals surface area contributed by atoms with E-state index in [1.165, 1.54) is 6.42 Å². The second-order valence-corrected chi connectivity index (χ2v) is 3.08. The predicted molar refractivity (Wildman–Crippen MR) is 37.2 cm³/mol. The minimum Gasteiger partial charge on any atom is -0.299 e. The van der Waals surface area contributed by atoms with Crippen LogP contribution in [-0.2, 0) is 4.79 Å². The summed E-state index contributed by atoms with van der Waals surface area (Å²) in [5.41, 5.74) is 0. The first kappa shape index (κ1) is 6.79. The molecule has 0 aromatic heterocycles. The molecule has 1 rings (SSSR count). The molecule has 1 nitrogen and oxygen atoms in total. The minimum absolute atomic E-state index is 0.356. The Hall–Kier alpha value is -0.330. The van der Waals surface area contributed by atoms with Crippen LogP contribution in [0.25, 0.3) is 0 Å². The minimum atomic E-state index is 0.356. The van der Waals surface area contributed by atoms with Crippen LogP contribution in [0, 0.1) is 11.8 Å². The van der Waals surface area contributed by atoms with Crippen molar-refractivity contribution < 1.29 is 4.79 Å². The molecule has 1 aliphatic rings. The van der Waals surface area contributed by atoms with Crippen LogP contribution in [0.2, 0.25) is 0 Å². The van der Waals surface area contributed by atoms with Crippen LogP contribution >= 0.6 is 0 Å². The van der Waals surface area contributed by atoms with Crippen molar-refractivity contribution in [3.8, 4) is 0 Å². The number of hydrogen-bond acceptors (Lipinski definition) is 1. The van der Waals surface area contributed by atoms with Crippen molar-refractivity contribution in [1.29, 1.82) is 0 Å². The van der Waals surface area contributed by atoms with Gasteiger partial charge < -0.3 is 0 Å². The van der Waals surface area contributed by atoms with Gasteiger partial charge in [0.25, 0.3) is 0 Å². The summed E-state index contributed by atoms with van der Waals surface area (Å²) in [5.74, 6) is 1.53. The van der Waals surface area contributed by atoms with Gasteiger partial charge in [0.2, 0.25) is 0 Å². The summed E-state index contributed by atoms with van der Waals surface area (Å²) < 4.78 is 0. The third kappa shape index (κ3) is 1.32. The molecule has 0 heterocycles. The van der Waals surface area contributed by atoms with Gasteiger partial charge in [-0.15, -0.1) is 0 Å². The lowest BCUT2D eigenvalue weighted by molar-refractivity contribution is -0.120. The number of ketones is 1. The molecule has 9 heavy (non-hydrogen) atoms. The lowest BCUT2D eigenvalue weighted by atomic mass is 10.0. The van der Waals surface area contributed by atoms with Gasteiger partial charge >= 0.3 is 0 Å². The van der Waals surface area contributed by atoms with Gasteiger partial charge in [-0.05, 0) is 12.3 Å².